The van der Waals surface area contributed by atoms with Crippen molar-refractivity contribution in [1.29, 1.82) is 0 Å². The molecule has 0 bridgehead atoms. The highest BCUT2D eigenvalue weighted by atomic mass is 16.5. The van der Waals surface area contributed by atoms with Crippen LogP contribution in [0.5, 0.6) is 11.8 Å². The van der Waals surface area contributed by atoms with Crippen molar-refractivity contribution in [2.24, 2.45) is 7.05 Å². The predicted octanol–water partition coefficient (Wildman–Crippen LogP) is 4.59. The van der Waals surface area contributed by atoms with Gasteiger partial charge in [-0.15, -0.1) is 0 Å². The molecule has 0 aliphatic rings. The smallest absolute Gasteiger partial charge is 0.226 e. The van der Waals surface area contributed by atoms with Crippen LogP contribution in [0.4, 0.5) is 0 Å². The Balaban J connectivity index is 1.51. The molecule has 0 N–H and O–H groups in total. The van der Waals surface area contributed by atoms with E-state index in [1.54, 1.807) is 0 Å². The van der Waals surface area contributed by atoms with Crippen LogP contribution in [0, 0.1) is 0 Å². The van der Waals surface area contributed by atoms with Crippen molar-refractivity contribution in [1.82, 2.24) is 14.8 Å². The summed E-state index contributed by atoms with van der Waals surface area (Å²) in [5.41, 5.74) is 5.36. The molecule has 2 heterocycles. The predicted molar refractivity (Wildman–Crippen MR) is 131 cm³/mol. The maximum absolute atomic E-state index is 6.19. The van der Waals surface area contributed by atoms with Crippen LogP contribution in [0.3, 0.4) is 0 Å². The van der Waals surface area contributed by atoms with Crippen LogP contribution < -0.4 is 14.9 Å². The van der Waals surface area contributed by atoms with E-state index in [1.165, 1.54) is 0 Å². The number of pyridine rings is 1. The van der Waals surface area contributed by atoms with E-state index in [0.29, 0.717) is 30.4 Å². The number of fused-ring (bicyclic) bond motifs is 1. The number of nitrogens with zero attached hydrogens (tertiary/aromatic N) is 3. The second kappa shape index (κ2) is 9.21. The molecule has 2 aromatic heterocycles. The molecule has 5 nitrogen and oxygen atoms in total. The molecule has 0 fully saturated rings. The van der Waals surface area contributed by atoms with Gasteiger partial charge in [0.15, 0.2) is 0 Å². The van der Waals surface area contributed by atoms with Crippen LogP contribution in [0.25, 0.3) is 22.2 Å². The Bertz CT molecular complexity index is 1390. The number of ether oxygens (including phenoxy) is 2. The third kappa shape index (κ3) is 4.60. The van der Waals surface area contributed by atoms with E-state index in [9.17, 15) is 0 Å². The Labute approximate surface area is 194 Å². The van der Waals surface area contributed by atoms with Gasteiger partial charge in [-0.3, -0.25) is 4.68 Å². The van der Waals surface area contributed by atoms with Crippen molar-refractivity contribution in [3.8, 4) is 23.0 Å². The fraction of sp³-hybridized carbons (Fsp3) is 0.111. The Hall–Kier alpha value is -4.06. The van der Waals surface area contributed by atoms with Crippen LogP contribution in [0.15, 0.2) is 91.0 Å². The van der Waals surface area contributed by atoms with Crippen LogP contribution >= 0.6 is 0 Å². The minimum atomic E-state index is 0.390. The second-order valence-electron chi connectivity index (χ2n) is 7.80. The number of benzene rings is 3. The van der Waals surface area contributed by atoms with Gasteiger partial charge in [0.2, 0.25) is 11.8 Å². The minimum absolute atomic E-state index is 0.390. The fourth-order valence-electron chi connectivity index (χ4n) is 3.72. The summed E-state index contributed by atoms with van der Waals surface area (Å²) in [4.78, 5) is 4.69. The summed E-state index contributed by atoms with van der Waals surface area (Å²) in [7, 11) is 7.89. The maximum atomic E-state index is 6.19. The molecule has 2 radical (unpaired) electrons. The van der Waals surface area contributed by atoms with E-state index in [0.717, 1.165) is 33.3 Å². The Morgan fingerprint density at radius 3 is 2.15 bits per heavy atom. The fourth-order valence-corrected chi connectivity index (χ4v) is 3.72. The molecule has 5 rings (SSSR count). The maximum Gasteiger partial charge on any atom is 0.226 e. The molecule has 33 heavy (non-hydrogen) atoms. The Kier molecular flexibility index (Phi) is 5.81. The van der Waals surface area contributed by atoms with E-state index in [-0.39, 0.29) is 0 Å². The molecular weight excluding hydrogens is 409 g/mol. The summed E-state index contributed by atoms with van der Waals surface area (Å²) in [5, 5.41) is 5.72. The molecule has 0 saturated heterocycles. The van der Waals surface area contributed by atoms with Crippen LogP contribution in [-0.4, -0.2) is 22.6 Å². The Morgan fingerprint density at radius 1 is 0.788 bits per heavy atom. The molecule has 0 aliphatic carbocycles. The average Bonchev–Trinajstić information content (AvgIpc) is 3.18. The summed E-state index contributed by atoms with van der Waals surface area (Å²) in [6, 6.07) is 29.6. The average molecular weight is 431 g/mol. The molecule has 0 unspecified atom stereocenters. The van der Waals surface area contributed by atoms with Gasteiger partial charge >= 0.3 is 0 Å². The molecule has 6 heteroatoms. The van der Waals surface area contributed by atoms with Crippen molar-refractivity contribution in [3.05, 3.63) is 102 Å². The highest BCUT2D eigenvalue weighted by molar-refractivity contribution is 6.33. The first-order valence-corrected chi connectivity index (χ1v) is 10.7. The minimum Gasteiger partial charge on any atom is -0.473 e. The monoisotopic (exact) mass is 431 g/mol. The van der Waals surface area contributed by atoms with Crippen molar-refractivity contribution in [2.75, 3.05) is 0 Å². The van der Waals surface area contributed by atoms with Gasteiger partial charge < -0.3 is 9.47 Å². The van der Waals surface area contributed by atoms with Crippen molar-refractivity contribution < 1.29 is 9.47 Å². The number of aromatic nitrogens is 3. The normalized spacial score (nSPS) is 10.9. The van der Waals surface area contributed by atoms with Gasteiger partial charge in [-0.2, -0.15) is 10.1 Å². The molecule has 0 amide bonds. The number of rotatable bonds is 7. The van der Waals surface area contributed by atoms with E-state index in [1.807, 2.05) is 103 Å². The summed E-state index contributed by atoms with van der Waals surface area (Å²) < 4.78 is 14.0. The molecule has 3 aromatic carbocycles. The molecule has 0 atom stereocenters. The third-order valence-electron chi connectivity index (χ3n) is 5.41. The first-order valence-electron chi connectivity index (χ1n) is 10.7. The van der Waals surface area contributed by atoms with E-state index < -0.39 is 0 Å². The summed E-state index contributed by atoms with van der Waals surface area (Å²) in [6.45, 7) is 0.817. The quantitative estimate of drug-likeness (QED) is 0.354. The van der Waals surface area contributed by atoms with Crippen LogP contribution in [0.2, 0.25) is 0 Å². The molecule has 5 aromatic rings. The van der Waals surface area contributed by atoms with Gasteiger partial charge in [0, 0.05) is 18.5 Å². The number of hydrogen-bond acceptors (Lipinski definition) is 4. The van der Waals surface area contributed by atoms with Crippen molar-refractivity contribution in [3.63, 3.8) is 0 Å². The number of hydrogen-bond donors (Lipinski definition) is 0. The van der Waals surface area contributed by atoms with Gasteiger partial charge in [0.25, 0.3) is 0 Å². The summed E-state index contributed by atoms with van der Waals surface area (Å²) in [5.74, 6) is 0.969. The van der Waals surface area contributed by atoms with Gasteiger partial charge in [-0.05, 0) is 23.3 Å². The summed E-state index contributed by atoms with van der Waals surface area (Å²) in [6.07, 6.45) is 0. The summed E-state index contributed by atoms with van der Waals surface area (Å²) >= 11 is 0. The zero-order valence-electron chi connectivity index (χ0n) is 18.3. The van der Waals surface area contributed by atoms with Crippen molar-refractivity contribution in [2.45, 2.75) is 13.2 Å². The highest BCUT2D eigenvalue weighted by Crippen LogP contribution is 2.34. The van der Waals surface area contributed by atoms with Crippen molar-refractivity contribution >= 4 is 24.2 Å². The topological polar surface area (TPSA) is 49.2 Å². The lowest BCUT2D eigenvalue weighted by atomic mass is 9.94. The zero-order valence-corrected chi connectivity index (χ0v) is 18.3. The molecular formula is C27H22BN3O2. The second-order valence-corrected chi connectivity index (χ2v) is 7.80. The molecule has 0 saturated carbocycles. The lowest BCUT2D eigenvalue weighted by Gasteiger charge is -2.12. The molecule has 0 spiro atoms. The van der Waals surface area contributed by atoms with Gasteiger partial charge in [-0.25, -0.2) is 0 Å². The first-order chi connectivity index (χ1) is 16.2. The van der Waals surface area contributed by atoms with Crippen LogP contribution in [0.1, 0.15) is 11.1 Å². The lowest BCUT2D eigenvalue weighted by Crippen LogP contribution is -2.03. The molecule has 0 aliphatic heterocycles. The molecule has 160 valence electrons. The lowest BCUT2D eigenvalue weighted by molar-refractivity contribution is 0.268. The SMILES string of the molecule is [B]c1ccc2c(-c3ccc(OCc4ccccc4)nc3OCc3ccccc3)nn(C)c2c1. The van der Waals surface area contributed by atoms with Gasteiger partial charge in [-0.1, -0.05) is 78.3 Å². The highest BCUT2D eigenvalue weighted by Gasteiger charge is 2.18. The number of aryl methyl sites for hydroxylation is 1. The zero-order chi connectivity index (χ0) is 22.6. The third-order valence-corrected chi connectivity index (χ3v) is 5.41. The van der Waals surface area contributed by atoms with Gasteiger partial charge in [0.1, 0.15) is 26.8 Å². The largest absolute Gasteiger partial charge is 0.473 e. The van der Waals surface area contributed by atoms with E-state index >= 15 is 0 Å². The van der Waals surface area contributed by atoms with Crippen LogP contribution in [-0.2, 0) is 20.3 Å². The van der Waals surface area contributed by atoms with Gasteiger partial charge in [0.05, 0.1) is 11.1 Å². The first kappa shape index (κ1) is 20.8. The standard InChI is InChI=1S/C27H22BN3O2/c1-31-24-16-21(28)12-13-22(24)26(30-31)23-14-15-25(32-17-19-8-4-2-5-9-19)29-27(23)33-18-20-10-6-3-7-11-20/h2-16H,17-18H2,1H3. The van der Waals surface area contributed by atoms with E-state index in [2.05, 4.69) is 0 Å². The van der Waals surface area contributed by atoms with E-state index in [4.69, 9.17) is 27.4 Å². The Morgan fingerprint density at radius 2 is 1.45 bits per heavy atom.